The molecule has 1 aliphatic carbocycles. The second-order valence-electron chi connectivity index (χ2n) is 6.41. The van der Waals surface area contributed by atoms with Crippen LogP contribution in [0.1, 0.15) is 65.2 Å². The second kappa shape index (κ2) is 9.35. The number of carbonyl (C=O) groups excluding carboxylic acids is 1. The number of hydrogen-bond donors (Lipinski definition) is 2. The zero-order valence-corrected chi connectivity index (χ0v) is 12.8. The Kier molecular flexibility index (Phi) is 8.11. The fourth-order valence-corrected chi connectivity index (χ4v) is 3.14. The zero-order valence-electron chi connectivity index (χ0n) is 12.8. The first kappa shape index (κ1) is 16.5. The van der Waals surface area contributed by atoms with Crippen LogP contribution < -0.4 is 11.1 Å². The lowest BCUT2D eigenvalue weighted by molar-refractivity contribution is -0.121. The average molecular weight is 268 g/mol. The molecule has 1 amide bonds. The highest BCUT2D eigenvalue weighted by molar-refractivity contribution is 5.75. The maximum atomic E-state index is 11.8. The van der Waals surface area contributed by atoms with Crippen LogP contribution in [0.5, 0.6) is 0 Å². The second-order valence-corrected chi connectivity index (χ2v) is 6.41. The van der Waals surface area contributed by atoms with Gasteiger partial charge in [0, 0.05) is 13.0 Å². The van der Waals surface area contributed by atoms with Crippen LogP contribution in [0, 0.1) is 17.8 Å². The van der Waals surface area contributed by atoms with Gasteiger partial charge in [0.15, 0.2) is 0 Å². The molecule has 3 nitrogen and oxygen atoms in total. The summed E-state index contributed by atoms with van der Waals surface area (Å²) in [5.74, 6) is 2.29. The van der Waals surface area contributed by atoms with Gasteiger partial charge in [0.2, 0.25) is 5.91 Å². The molecule has 0 bridgehead atoms. The van der Waals surface area contributed by atoms with Crippen molar-refractivity contribution >= 4 is 5.91 Å². The molecule has 3 heteroatoms. The van der Waals surface area contributed by atoms with Crippen LogP contribution >= 0.6 is 0 Å². The summed E-state index contributed by atoms with van der Waals surface area (Å²) in [6.07, 6.45) is 9.33. The summed E-state index contributed by atoms with van der Waals surface area (Å²) < 4.78 is 0. The van der Waals surface area contributed by atoms with Crippen LogP contribution in [0.2, 0.25) is 0 Å². The zero-order chi connectivity index (χ0) is 14.1. The van der Waals surface area contributed by atoms with Crippen molar-refractivity contribution in [1.29, 1.82) is 0 Å². The van der Waals surface area contributed by atoms with Crippen molar-refractivity contribution in [3.63, 3.8) is 0 Å². The molecule has 1 atom stereocenters. The Bertz CT molecular complexity index is 247. The van der Waals surface area contributed by atoms with Crippen LogP contribution in [-0.4, -0.2) is 19.0 Å². The van der Waals surface area contributed by atoms with Gasteiger partial charge >= 0.3 is 0 Å². The number of amides is 1. The smallest absolute Gasteiger partial charge is 0.220 e. The SMILES string of the molecule is CC(C)C(CCN)CCC(=O)NCCC1CCCC1. The Labute approximate surface area is 118 Å². The van der Waals surface area contributed by atoms with Gasteiger partial charge in [0.05, 0.1) is 0 Å². The van der Waals surface area contributed by atoms with E-state index in [-0.39, 0.29) is 5.91 Å². The molecule has 1 saturated carbocycles. The molecule has 112 valence electrons. The monoisotopic (exact) mass is 268 g/mol. The highest BCUT2D eigenvalue weighted by Gasteiger charge is 2.16. The number of carbonyl (C=O) groups is 1. The van der Waals surface area contributed by atoms with Gasteiger partial charge in [-0.05, 0) is 43.6 Å². The summed E-state index contributed by atoms with van der Waals surface area (Å²) in [6.45, 7) is 6.04. The molecular weight excluding hydrogens is 236 g/mol. The quantitative estimate of drug-likeness (QED) is 0.675. The van der Waals surface area contributed by atoms with Crippen LogP contribution in [0.25, 0.3) is 0 Å². The van der Waals surface area contributed by atoms with Crippen molar-refractivity contribution in [2.24, 2.45) is 23.5 Å². The molecule has 1 rings (SSSR count). The van der Waals surface area contributed by atoms with E-state index in [4.69, 9.17) is 5.73 Å². The van der Waals surface area contributed by atoms with Crippen molar-refractivity contribution in [1.82, 2.24) is 5.32 Å². The van der Waals surface area contributed by atoms with E-state index in [1.807, 2.05) is 0 Å². The molecule has 1 aliphatic rings. The van der Waals surface area contributed by atoms with Gasteiger partial charge < -0.3 is 11.1 Å². The number of nitrogens with one attached hydrogen (secondary N) is 1. The van der Waals surface area contributed by atoms with Gasteiger partial charge in [-0.1, -0.05) is 39.5 Å². The van der Waals surface area contributed by atoms with Gasteiger partial charge in [0.1, 0.15) is 0 Å². The third-order valence-corrected chi connectivity index (χ3v) is 4.57. The molecule has 1 unspecified atom stereocenters. The fourth-order valence-electron chi connectivity index (χ4n) is 3.14. The minimum Gasteiger partial charge on any atom is -0.356 e. The van der Waals surface area contributed by atoms with Crippen molar-refractivity contribution in [2.75, 3.05) is 13.1 Å². The van der Waals surface area contributed by atoms with Crippen LogP contribution in [0.3, 0.4) is 0 Å². The van der Waals surface area contributed by atoms with Gasteiger partial charge in [-0.25, -0.2) is 0 Å². The Morgan fingerprint density at radius 2 is 1.95 bits per heavy atom. The van der Waals surface area contributed by atoms with E-state index in [1.165, 1.54) is 32.1 Å². The van der Waals surface area contributed by atoms with Gasteiger partial charge in [0.25, 0.3) is 0 Å². The summed E-state index contributed by atoms with van der Waals surface area (Å²) in [4.78, 5) is 11.8. The lowest BCUT2D eigenvalue weighted by Crippen LogP contribution is -2.26. The summed E-state index contributed by atoms with van der Waals surface area (Å²) in [7, 11) is 0. The lowest BCUT2D eigenvalue weighted by atomic mass is 9.88. The predicted molar refractivity (Wildman–Crippen MR) is 80.8 cm³/mol. The molecule has 0 aromatic heterocycles. The molecule has 0 radical (unpaired) electrons. The highest BCUT2D eigenvalue weighted by Crippen LogP contribution is 2.27. The molecule has 19 heavy (non-hydrogen) atoms. The Balaban J connectivity index is 2.08. The number of nitrogens with two attached hydrogens (primary N) is 1. The van der Waals surface area contributed by atoms with Crippen molar-refractivity contribution in [3.05, 3.63) is 0 Å². The minimum atomic E-state index is 0.223. The summed E-state index contributed by atoms with van der Waals surface area (Å²) in [5, 5.41) is 3.08. The number of hydrogen-bond acceptors (Lipinski definition) is 2. The van der Waals surface area contributed by atoms with E-state index < -0.39 is 0 Å². The van der Waals surface area contributed by atoms with E-state index in [9.17, 15) is 4.79 Å². The third-order valence-electron chi connectivity index (χ3n) is 4.57. The molecule has 0 aromatic carbocycles. The Hall–Kier alpha value is -0.570. The molecule has 3 N–H and O–H groups in total. The molecule has 0 aromatic rings. The highest BCUT2D eigenvalue weighted by atomic mass is 16.1. The van der Waals surface area contributed by atoms with Crippen LogP contribution in [-0.2, 0) is 4.79 Å². The normalized spacial score (nSPS) is 17.9. The fraction of sp³-hybridized carbons (Fsp3) is 0.938. The van der Waals surface area contributed by atoms with Crippen LogP contribution in [0.15, 0.2) is 0 Å². The standard InChI is InChI=1S/C16H32N2O/c1-13(2)15(9-11-17)7-8-16(19)18-12-10-14-5-3-4-6-14/h13-15H,3-12,17H2,1-2H3,(H,18,19). The summed E-state index contributed by atoms with van der Waals surface area (Å²) in [5.41, 5.74) is 5.62. The molecule has 1 fully saturated rings. The van der Waals surface area contributed by atoms with Crippen molar-refractivity contribution < 1.29 is 4.79 Å². The van der Waals surface area contributed by atoms with E-state index in [2.05, 4.69) is 19.2 Å². The average Bonchev–Trinajstić information content (AvgIpc) is 2.87. The van der Waals surface area contributed by atoms with E-state index in [0.29, 0.717) is 18.3 Å². The summed E-state index contributed by atoms with van der Waals surface area (Å²) >= 11 is 0. The first-order chi connectivity index (χ1) is 9.13. The van der Waals surface area contributed by atoms with Crippen LogP contribution in [0.4, 0.5) is 0 Å². The lowest BCUT2D eigenvalue weighted by Gasteiger charge is -2.19. The molecule has 0 spiro atoms. The van der Waals surface area contributed by atoms with Crippen molar-refractivity contribution in [3.8, 4) is 0 Å². The maximum Gasteiger partial charge on any atom is 0.220 e. The predicted octanol–water partition coefficient (Wildman–Crippen LogP) is 3.08. The first-order valence-electron chi connectivity index (χ1n) is 8.10. The largest absolute Gasteiger partial charge is 0.356 e. The van der Waals surface area contributed by atoms with E-state index in [1.54, 1.807) is 0 Å². The molecule has 0 heterocycles. The minimum absolute atomic E-state index is 0.223. The Morgan fingerprint density at radius 1 is 1.26 bits per heavy atom. The van der Waals surface area contributed by atoms with E-state index >= 15 is 0 Å². The maximum absolute atomic E-state index is 11.8. The van der Waals surface area contributed by atoms with E-state index in [0.717, 1.165) is 31.8 Å². The molecule has 0 saturated heterocycles. The third kappa shape index (κ3) is 6.95. The van der Waals surface area contributed by atoms with Crippen molar-refractivity contribution in [2.45, 2.75) is 65.2 Å². The molecular formula is C16H32N2O. The van der Waals surface area contributed by atoms with Gasteiger partial charge in [-0.3, -0.25) is 4.79 Å². The topological polar surface area (TPSA) is 55.1 Å². The molecule has 0 aliphatic heterocycles. The first-order valence-corrected chi connectivity index (χ1v) is 8.10. The summed E-state index contributed by atoms with van der Waals surface area (Å²) in [6, 6.07) is 0. The van der Waals surface area contributed by atoms with Gasteiger partial charge in [-0.2, -0.15) is 0 Å². The number of rotatable bonds is 9. The Morgan fingerprint density at radius 3 is 2.53 bits per heavy atom. The van der Waals surface area contributed by atoms with Gasteiger partial charge in [-0.15, -0.1) is 0 Å².